The summed E-state index contributed by atoms with van der Waals surface area (Å²) in [5, 5.41) is 2.37. The number of ether oxygens (including phenoxy) is 3. The molecule has 9 heteroatoms. The Bertz CT molecular complexity index is 737. The van der Waals surface area contributed by atoms with Crippen molar-refractivity contribution in [2.45, 2.75) is 38.5 Å². The number of benzene rings is 1. The van der Waals surface area contributed by atoms with E-state index in [2.05, 4.69) is 11.3 Å². The van der Waals surface area contributed by atoms with Crippen LogP contribution in [0.2, 0.25) is 10.0 Å². The highest BCUT2D eigenvalue weighted by molar-refractivity contribution is 8.00. The lowest BCUT2D eigenvalue weighted by Gasteiger charge is -2.32. The van der Waals surface area contributed by atoms with Gasteiger partial charge in [0.25, 0.3) is 5.91 Å². The summed E-state index contributed by atoms with van der Waals surface area (Å²) in [6.07, 6.45) is 1.77. The summed E-state index contributed by atoms with van der Waals surface area (Å²) < 4.78 is 20.5. The van der Waals surface area contributed by atoms with Crippen LogP contribution in [0.1, 0.15) is 26.7 Å². The van der Waals surface area contributed by atoms with Gasteiger partial charge >= 0.3 is 0 Å². The molecule has 1 amide bonds. The van der Waals surface area contributed by atoms with E-state index in [-0.39, 0.29) is 23.3 Å². The topological polar surface area (TPSA) is 60.0 Å². The maximum Gasteiger partial charge on any atom is 0.260 e. The van der Waals surface area contributed by atoms with Crippen LogP contribution < -0.4 is 18.9 Å². The van der Waals surface area contributed by atoms with Gasteiger partial charge in [-0.25, -0.2) is 0 Å². The van der Waals surface area contributed by atoms with Crippen LogP contribution in [-0.2, 0) is 4.79 Å². The first-order valence-electron chi connectivity index (χ1n) is 8.63. The van der Waals surface area contributed by atoms with E-state index < -0.39 is 5.79 Å². The number of halogens is 2. The first-order valence-corrected chi connectivity index (χ1v) is 10.3. The first kappa shape index (κ1) is 20.5. The van der Waals surface area contributed by atoms with Gasteiger partial charge in [-0.1, -0.05) is 41.7 Å². The quantitative estimate of drug-likeness (QED) is 0.677. The maximum atomic E-state index is 12.5. The Morgan fingerprint density at radius 3 is 2.70 bits per heavy atom. The predicted octanol–water partition coefficient (Wildman–Crippen LogP) is 4.25. The molecule has 27 heavy (non-hydrogen) atoms. The van der Waals surface area contributed by atoms with Crippen LogP contribution in [0.25, 0.3) is 0 Å². The van der Waals surface area contributed by atoms with Crippen molar-refractivity contribution in [3.8, 4) is 17.2 Å². The highest BCUT2D eigenvalue weighted by Gasteiger charge is 2.37. The Kier molecular flexibility index (Phi) is 6.35. The molecule has 1 fully saturated rings. The van der Waals surface area contributed by atoms with Crippen molar-refractivity contribution in [2.24, 2.45) is 0 Å². The molecule has 2 aliphatic rings. The first-order chi connectivity index (χ1) is 12.8. The number of nitrogens with one attached hydrogen (secondary N) is 1. The molecule has 0 aromatic heterocycles. The van der Waals surface area contributed by atoms with Crippen molar-refractivity contribution in [1.29, 1.82) is 0 Å². The van der Waals surface area contributed by atoms with Gasteiger partial charge in [0.2, 0.25) is 11.5 Å². The van der Waals surface area contributed by atoms with Crippen molar-refractivity contribution < 1.29 is 19.0 Å². The SMILES string of the molecule is C=CSNC1CCN(C(=O)COc2c(Cl)cc(Cl)c3c2OC(C)(C)O3)CC1. The van der Waals surface area contributed by atoms with E-state index in [9.17, 15) is 4.79 Å². The smallest absolute Gasteiger partial charge is 0.260 e. The summed E-state index contributed by atoms with van der Waals surface area (Å²) in [4.78, 5) is 14.3. The summed E-state index contributed by atoms with van der Waals surface area (Å²) in [5.41, 5.74) is 0. The molecule has 1 aromatic rings. The largest absolute Gasteiger partial charge is 0.478 e. The fourth-order valence-corrected chi connectivity index (χ4v) is 4.08. The van der Waals surface area contributed by atoms with Crippen LogP contribution in [0.4, 0.5) is 0 Å². The van der Waals surface area contributed by atoms with Crippen LogP contribution in [0.3, 0.4) is 0 Å². The molecule has 0 saturated carbocycles. The van der Waals surface area contributed by atoms with Crippen molar-refractivity contribution in [3.05, 3.63) is 28.1 Å². The lowest BCUT2D eigenvalue weighted by molar-refractivity contribution is -0.134. The number of nitrogens with zero attached hydrogens (tertiary/aromatic N) is 1. The minimum absolute atomic E-state index is 0.0947. The number of rotatable bonds is 6. The van der Waals surface area contributed by atoms with Gasteiger partial charge in [0.1, 0.15) is 0 Å². The Morgan fingerprint density at radius 2 is 2.04 bits per heavy atom. The second-order valence-electron chi connectivity index (χ2n) is 6.78. The van der Waals surface area contributed by atoms with Crippen LogP contribution in [0.15, 0.2) is 18.1 Å². The monoisotopic (exact) mass is 432 g/mol. The van der Waals surface area contributed by atoms with E-state index in [0.717, 1.165) is 12.8 Å². The molecule has 0 unspecified atom stereocenters. The Morgan fingerprint density at radius 1 is 1.37 bits per heavy atom. The minimum Gasteiger partial charge on any atom is -0.478 e. The third kappa shape index (κ3) is 4.77. The number of piperidine rings is 1. The molecule has 2 heterocycles. The average molecular weight is 433 g/mol. The van der Waals surface area contributed by atoms with Gasteiger partial charge < -0.3 is 19.1 Å². The van der Waals surface area contributed by atoms with E-state index in [4.69, 9.17) is 37.4 Å². The van der Waals surface area contributed by atoms with Gasteiger partial charge in [-0.05, 0) is 24.3 Å². The Balaban J connectivity index is 1.61. The van der Waals surface area contributed by atoms with E-state index in [0.29, 0.717) is 35.7 Å². The number of carbonyl (C=O) groups is 1. The Hall–Kier alpha value is -1.28. The molecule has 1 N–H and O–H groups in total. The lowest BCUT2D eigenvalue weighted by Crippen LogP contribution is -2.45. The summed E-state index contributed by atoms with van der Waals surface area (Å²) in [6.45, 7) is 8.41. The Labute approximate surface area is 173 Å². The molecule has 0 aliphatic carbocycles. The van der Waals surface area contributed by atoms with E-state index in [1.54, 1.807) is 24.2 Å². The van der Waals surface area contributed by atoms with E-state index in [1.807, 2.05) is 0 Å². The minimum atomic E-state index is -0.878. The van der Waals surface area contributed by atoms with Crippen LogP contribution >= 0.6 is 35.1 Å². The highest BCUT2D eigenvalue weighted by Crippen LogP contribution is 2.53. The number of carbonyl (C=O) groups excluding carboxylic acids is 1. The summed E-state index contributed by atoms with van der Waals surface area (Å²) in [6, 6.07) is 1.90. The van der Waals surface area contributed by atoms with Gasteiger partial charge in [0.15, 0.2) is 18.1 Å². The zero-order valence-electron chi connectivity index (χ0n) is 15.2. The molecule has 1 saturated heterocycles. The zero-order chi connectivity index (χ0) is 19.6. The van der Waals surface area contributed by atoms with Gasteiger partial charge in [-0.15, -0.1) is 0 Å². The van der Waals surface area contributed by atoms with Gasteiger partial charge in [0.05, 0.1) is 10.0 Å². The molecule has 3 rings (SSSR count). The molecule has 1 aromatic carbocycles. The maximum absolute atomic E-state index is 12.5. The fraction of sp³-hybridized carbons (Fsp3) is 0.500. The van der Waals surface area contributed by atoms with Crippen molar-refractivity contribution >= 4 is 41.1 Å². The normalized spacial score (nSPS) is 18.4. The molecule has 0 spiro atoms. The second kappa shape index (κ2) is 8.39. The summed E-state index contributed by atoms with van der Waals surface area (Å²) >= 11 is 13.9. The molecule has 2 aliphatic heterocycles. The molecule has 0 atom stereocenters. The molecule has 0 radical (unpaired) electrons. The van der Waals surface area contributed by atoms with Gasteiger partial charge in [-0.2, -0.15) is 0 Å². The third-order valence-electron chi connectivity index (χ3n) is 4.30. The fourth-order valence-electron chi connectivity index (χ4n) is 3.01. The molecular weight excluding hydrogens is 411 g/mol. The number of fused-ring (bicyclic) bond motifs is 1. The zero-order valence-corrected chi connectivity index (χ0v) is 17.5. The summed E-state index contributed by atoms with van der Waals surface area (Å²) in [7, 11) is 0. The second-order valence-corrected chi connectivity index (χ2v) is 8.40. The van der Waals surface area contributed by atoms with Crippen molar-refractivity contribution in [3.63, 3.8) is 0 Å². The van der Waals surface area contributed by atoms with Crippen LogP contribution in [-0.4, -0.2) is 42.3 Å². The molecule has 6 nitrogen and oxygen atoms in total. The standard InChI is InChI=1S/C18H22Cl2N2O4S/c1-4-27-21-11-5-7-22(8-6-11)14(23)10-24-15-12(19)9-13(20)16-17(15)26-18(2,3)25-16/h4,9,11,21H,1,5-8,10H2,2-3H3. The molecular formula is C18H22Cl2N2O4S. The average Bonchev–Trinajstić information content (AvgIpc) is 2.95. The third-order valence-corrected chi connectivity index (χ3v) is 5.50. The van der Waals surface area contributed by atoms with Crippen LogP contribution in [0, 0.1) is 0 Å². The van der Waals surface area contributed by atoms with E-state index in [1.165, 1.54) is 18.0 Å². The van der Waals surface area contributed by atoms with Crippen molar-refractivity contribution in [1.82, 2.24) is 9.62 Å². The lowest BCUT2D eigenvalue weighted by atomic mass is 10.1. The number of amides is 1. The van der Waals surface area contributed by atoms with Crippen LogP contribution in [0.5, 0.6) is 17.2 Å². The molecule has 0 bridgehead atoms. The number of hydrogen-bond acceptors (Lipinski definition) is 6. The predicted molar refractivity (Wildman–Crippen MR) is 108 cm³/mol. The number of hydrogen-bond donors (Lipinski definition) is 1. The number of likely N-dealkylation sites (tertiary alicyclic amines) is 1. The van der Waals surface area contributed by atoms with E-state index >= 15 is 0 Å². The van der Waals surface area contributed by atoms with Gasteiger partial charge in [0, 0.05) is 33.0 Å². The molecule has 148 valence electrons. The van der Waals surface area contributed by atoms with Crippen molar-refractivity contribution in [2.75, 3.05) is 19.7 Å². The summed E-state index contributed by atoms with van der Waals surface area (Å²) in [5.74, 6) is 0.00312. The van der Waals surface area contributed by atoms with Gasteiger partial charge in [-0.3, -0.25) is 9.52 Å². The highest BCUT2D eigenvalue weighted by atomic mass is 35.5.